The number of esters is 1. The van der Waals surface area contributed by atoms with Crippen molar-refractivity contribution in [2.75, 3.05) is 13.1 Å². The first-order chi connectivity index (χ1) is 6.20. The summed E-state index contributed by atoms with van der Waals surface area (Å²) >= 11 is 0. The molecule has 2 fully saturated rings. The topological polar surface area (TPSA) is 50.4 Å². The van der Waals surface area contributed by atoms with Crippen molar-refractivity contribution in [1.29, 1.82) is 0 Å². The van der Waals surface area contributed by atoms with E-state index < -0.39 is 0 Å². The Labute approximate surface area is 77.3 Å². The van der Waals surface area contributed by atoms with Gasteiger partial charge in [-0.25, -0.2) is 4.79 Å². The SMILES string of the molecule is C[C@@H]1C(=C2NCCN2)C(=O)O[C@@H]1C. The van der Waals surface area contributed by atoms with Gasteiger partial charge in [0.2, 0.25) is 0 Å². The van der Waals surface area contributed by atoms with Gasteiger partial charge in [-0.3, -0.25) is 0 Å². The maximum atomic E-state index is 11.4. The van der Waals surface area contributed by atoms with Crippen LogP contribution in [0.5, 0.6) is 0 Å². The van der Waals surface area contributed by atoms with E-state index in [-0.39, 0.29) is 18.0 Å². The summed E-state index contributed by atoms with van der Waals surface area (Å²) in [5.41, 5.74) is 0.769. The minimum atomic E-state index is -0.183. The van der Waals surface area contributed by atoms with Gasteiger partial charge in [0.05, 0.1) is 5.57 Å². The molecule has 2 aliphatic heterocycles. The molecule has 72 valence electrons. The van der Waals surface area contributed by atoms with Crippen molar-refractivity contribution in [3.05, 3.63) is 11.4 Å². The molecular weight excluding hydrogens is 168 g/mol. The van der Waals surface area contributed by atoms with Gasteiger partial charge >= 0.3 is 5.97 Å². The molecule has 2 heterocycles. The van der Waals surface area contributed by atoms with Crippen molar-refractivity contribution in [2.24, 2.45) is 5.92 Å². The van der Waals surface area contributed by atoms with E-state index >= 15 is 0 Å². The molecule has 0 aromatic carbocycles. The molecule has 0 bridgehead atoms. The minimum Gasteiger partial charge on any atom is -0.459 e. The summed E-state index contributed by atoms with van der Waals surface area (Å²) in [4.78, 5) is 11.4. The van der Waals surface area contributed by atoms with Gasteiger partial charge in [0.15, 0.2) is 0 Å². The van der Waals surface area contributed by atoms with Crippen molar-refractivity contribution in [3.63, 3.8) is 0 Å². The summed E-state index contributed by atoms with van der Waals surface area (Å²) in [5, 5.41) is 6.30. The fraction of sp³-hybridized carbons (Fsp3) is 0.667. The van der Waals surface area contributed by atoms with E-state index in [2.05, 4.69) is 10.6 Å². The Morgan fingerprint density at radius 2 is 1.92 bits per heavy atom. The highest BCUT2D eigenvalue weighted by Crippen LogP contribution is 2.28. The molecule has 4 heteroatoms. The molecule has 2 aliphatic rings. The molecule has 13 heavy (non-hydrogen) atoms. The first-order valence-electron chi connectivity index (χ1n) is 4.63. The van der Waals surface area contributed by atoms with Crippen molar-refractivity contribution in [1.82, 2.24) is 10.6 Å². The van der Waals surface area contributed by atoms with Crippen LogP contribution in [0.4, 0.5) is 0 Å². The second-order valence-corrected chi connectivity index (χ2v) is 3.54. The Hall–Kier alpha value is -1.19. The Morgan fingerprint density at radius 3 is 2.38 bits per heavy atom. The summed E-state index contributed by atoms with van der Waals surface area (Å²) < 4.78 is 5.12. The van der Waals surface area contributed by atoms with Crippen molar-refractivity contribution in [3.8, 4) is 0 Å². The van der Waals surface area contributed by atoms with Crippen LogP contribution in [0, 0.1) is 5.92 Å². The van der Waals surface area contributed by atoms with Crippen LogP contribution >= 0.6 is 0 Å². The Morgan fingerprint density at radius 1 is 1.31 bits per heavy atom. The average Bonchev–Trinajstić information content (AvgIpc) is 2.63. The highest BCUT2D eigenvalue weighted by molar-refractivity contribution is 5.92. The van der Waals surface area contributed by atoms with Crippen LogP contribution in [0.2, 0.25) is 0 Å². The van der Waals surface area contributed by atoms with Gasteiger partial charge in [0, 0.05) is 19.0 Å². The zero-order chi connectivity index (χ0) is 9.42. The first-order valence-corrected chi connectivity index (χ1v) is 4.63. The first kappa shape index (κ1) is 8.41. The Balaban J connectivity index is 2.31. The zero-order valence-corrected chi connectivity index (χ0v) is 7.89. The summed E-state index contributed by atoms with van der Waals surface area (Å²) in [7, 11) is 0. The van der Waals surface area contributed by atoms with Crippen LogP contribution in [0.15, 0.2) is 11.4 Å². The quantitative estimate of drug-likeness (QED) is 0.408. The molecule has 0 unspecified atom stereocenters. The minimum absolute atomic E-state index is 0.000741. The molecule has 0 spiro atoms. The van der Waals surface area contributed by atoms with Gasteiger partial charge in [0.25, 0.3) is 0 Å². The lowest BCUT2D eigenvalue weighted by Gasteiger charge is -2.08. The molecule has 0 radical (unpaired) electrons. The normalized spacial score (nSPS) is 32.9. The monoisotopic (exact) mass is 182 g/mol. The Kier molecular flexibility index (Phi) is 1.90. The predicted octanol–water partition coefficient (Wildman–Crippen LogP) is -0.0278. The lowest BCUT2D eigenvalue weighted by atomic mass is 9.99. The van der Waals surface area contributed by atoms with E-state index in [0.29, 0.717) is 0 Å². The van der Waals surface area contributed by atoms with Crippen molar-refractivity contribution >= 4 is 5.97 Å². The second kappa shape index (κ2) is 2.94. The average molecular weight is 182 g/mol. The van der Waals surface area contributed by atoms with E-state index in [1.807, 2.05) is 13.8 Å². The maximum absolute atomic E-state index is 11.4. The molecule has 2 atom stereocenters. The smallest absolute Gasteiger partial charge is 0.338 e. The third-order valence-corrected chi connectivity index (χ3v) is 2.67. The number of nitrogens with one attached hydrogen (secondary N) is 2. The molecule has 4 nitrogen and oxygen atoms in total. The predicted molar refractivity (Wildman–Crippen MR) is 47.7 cm³/mol. The van der Waals surface area contributed by atoms with E-state index in [4.69, 9.17) is 4.74 Å². The highest BCUT2D eigenvalue weighted by Gasteiger charge is 2.36. The Bertz CT molecular complexity index is 265. The molecular formula is C9H14N2O2. The number of carbonyl (C=O) groups excluding carboxylic acids is 1. The zero-order valence-electron chi connectivity index (χ0n) is 7.89. The number of hydrogen-bond acceptors (Lipinski definition) is 4. The number of hydrogen-bond donors (Lipinski definition) is 2. The number of cyclic esters (lactones) is 1. The highest BCUT2D eigenvalue weighted by atomic mass is 16.5. The van der Waals surface area contributed by atoms with Gasteiger partial charge in [-0.2, -0.15) is 0 Å². The van der Waals surface area contributed by atoms with Crippen LogP contribution in [-0.2, 0) is 9.53 Å². The molecule has 2 N–H and O–H groups in total. The lowest BCUT2D eigenvalue weighted by molar-refractivity contribution is -0.138. The fourth-order valence-corrected chi connectivity index (χ4v) is 1.71. The van der Waals surface area contributed by atoms with E-state index in [1.165, 1.54) is 0 Å². The molecule has 2 rings (SSSR count). The van der Waals surface area contributed by atoms with Crippen molar-refractivity contribution < 1.29 is 9.53 Å². The van der Waals surface area contributed by atoms with Gasteiger partial charge in [-0.15, -0.1) is 0 Å². The third-order valence-electron chi connectivity index (χ3n) is 2.67. The summed E-state index contributed by atoms with van der Waals surface area (Å²) in [5.74, 6) is 0.861. The van der Waals surface area contributed by atoms with E-state index in [9.17, 15) is 4.79 Å². The third kappa shape index (κ3) is 1.26. The number of rotatable bonds is 0. The lowest BCUT2D eigenvalue weighted by Crippen LogP contribution is -2.19. The summed E-state index contributed by atoms with van der Waals surface area (Å²) in [6.07, 6.45) is -0.000741. The fourth-order valence-electron chi connectivity index (χ4n) is 1.71. The second-order valence-electron chi connectivity index (χ2n) is 3.54. The van der Waals surface area contributed by atoms with Crippen LogP contribution in [0.1, 0.15) is 13.8 Å². The molecule has 0 aliphatic carbocycles. The van der Waals surface area contributed by atoms with Crippen LogP contribution in [-0.4, -0.2) is 25.2 Å². The van der Waals surface area contributed by atoms with Gasteiger partial charge in [-0.1, -0.05) is 6.92 Å². The molecule has 0 aromatic heterocycles. The van der Waals surface area contributed by atoms with Crippen LogP contribution in [0.3, 0.4) is 0 Å². The summed E-state index contributed by atoms with van der Waals surface area (Å²) in [6.45, 7) is 5.70. The molecule has 0 saturated carbocycles. The standard InChI is InChI=1S/C9H14N2O2/c1-5-6(2)13-9(12)7(5)8-10-3-4-11-8/h5-6,10-11H,3-4H2,1-2H3/t5-,6+/m0/s1. The largest absolute Gasteiger partial charge is 0.459 e. The van der Waals surface area contributed by atoms with Gasteiger partial charge in [-0.05, 0) is 6.92 Å². The number of carbonyl (C=O) groups is 1. The maximum Gasteiger partial charge on any atom is 0.338 e. The van der Waals surface area contributed by atoms with Gasteiger partial charge < -0.3 is 15.4 Å². The van der Waals surface area contributed by atoms with E-state index in [1.54, 1.807) is 0 Å². The molecule has 2 saturated heterocycles. The van der Waals surface area contributed by atoms with Crippen LogP contribution in [0.25, 0.3) is 0 Å². The molecule has 0 aromatic rings. The van der Waals surface area contributed by atoms with E-state index in [0.717, 1.165) is 24.5 Å². The van der Waals surface area contributed by atoms with Crippen molar-refractivity contribution in [2.45, 2.75) is 20.0 Å². The number of ether oxygens (including phenoxy) is 1. The summed E-state index contributed by atoms with van der Waals surface area (Å²) in [6, 6.07) is 0. The van der Waals surface area contributed by atoms with Gasteiger partial charge in [0.1, 0.15) is 11.9 Å². The molecule has 0 amide bonds. The van der Waals surface area contributed by atoms with Crippen LogP contribution < -0.4 is 10.6 Å².